The van der Waals surface area contributed by atoms with Gasteiger partial charge in [0, 0.05) is 29.7 Å². The highest BCUT2D eigenvalue weighted by Gasteiger charge is 2.35. The highest BCUT2D eigenvalue weighted by atomic mass is 19.4. The molecule has 3 aromatic rings. The standard InChI is InChI=1S/C23H24F3N5O2/c1-2-3-4-5-7-16-10-12-17(13-11-16)29-22-27-15-20(23(24,25)26)21(30-22)28-18-8-6-9-19(14-18)31(32)33/h6,8-15H,2-5,7H2,1H3,(H2,27,28,29,30). The fourth-order valence-corrected chi connectivity index (χ4v) is 3.22. The van der Waals surface area contributed by atoms with Crippen molar-refractivity contribution >= 4 is 28.8 Å². The van der Waals surface area contributed by atoms with E-state index in [1.54, 1.807) is 0 Å². The molecule has 0 radical (unpaired) electrons. The molecule has 0 bridgehead atoms. The van der Waals surface area contributed by atoms with Gasteiger partial charge in [0.1, 0.15) is 11.4 Å². The summed E-state index contributed by atoms with van der Waals surface area (Å²) in [5.74, 6) is -0.542. The Labute approximate surface area is 189 Å². The van der Waals surface area contributed by atoms with E-state index in [1.807, 2.05) is 24.3 Å². The Hall–Kier alpha value is -3.69. The van der Waals surface area contributed by atoms with Crippen molar-refractivity contribution in [2.24, 2.45) is 0 Å². The molecule has 174 valence electrons. The summed E-state index contributed by atoms with van der Waals surface area (Å²) in [6.45, 7) is 2.16. The number of benzene rings is 2. The first-order valence-electron chi connectivity index (χ1n) is 10.6. The lowest BCUT2D eigenvalue weighted by Crippen LogP contribution is -2.12. The van der Waals surface area contributed by atoms with Crippen LogP contribution in [0, 0.1) is 10.1 Å². The number of rotatable bonds is 10. The fraction of sp³-hybridized carbons (Fsp3) is 0.304. The van der Waals surface area contributed by atoms with Gasteiger partial charge < -0.3 is 10.6 Å². The Morgan fingerprint density at radius 1 is 1.00 bits per heavy atom. The van der Waals surface area contributed by atoms with Crippen LogP contribution in [-0.4, -0.2) is 14.9 Å². The van der Waals surface area contributed by atoms with E-state index in [1.165, 1.54) is 43.0 Å². The fourth-order valence-electron chi connectivity index (χ4n) is 3.22. The molecule has 33 heavy (non-hydrogen) atoms. The van der Waals surface area contributed by atoms with Gasteiger partial charge in [-0.3, -0.25) is 10.1 Å². The molecule has 2 N–H and O–H groups in total. The van der Waals surface area contributed by atoms with Crippen LogP contribution in [0.4, 0.5) is 42.0 Å². The van der Waals surface area contributed by atoms with Crippen molar-refractivity contribution in [3.05, 3.63) is 76.0 Å². The molecule has 0 aliphatic carbocycles. The number of unbranched alkanes of at least 4 members (excludes halogenated alkanes) is 3. The number of anilines is 4. The van der Waals surface area contributed by atoms with E-state index in [0.29, 0.717) is 11.9 Å². The summed E-state index contributed by atoms with van der Waals surface area (Å²) in [5.41, 5.74) is 0.580. The van der Waals surface area contributed by atoms with Crippen molar-refractivity contribution in [3.63, 3.8) is 0 Å². The van der Waals surface area contributed by atoms with Gasteiger partial charge >= 0.3 is 6.18 Å². The summed E-state index contributed by atoms with van der Waals surface area (Å²) in [4.78, 5) is 18.1. The highest BCUT2D eigenvalue weighted by Crippen LogP contribution is 2.35. The van der Waals surface area contributed by atoms with E-state index in [0.717, 1.165) is 18.9 Å². The molecular formula is C23H24F3N5O2. The Kier molecular flexibility index (Phi) is 7.81. The lowest BCUT2D eigenvalue weighted by molar-refractivity contribution is -0.384. The number of alkyl halides is 3. The number of nitrogens with zero attached hydrogens (tertiary/aromatic N) is 3. The van der Waals surface area contributed by atoms with Crippen LogP contribution in [-0.2, 0) is 12.6 Å². The lowest BCUT2D eigenvalue weighted by atomic mass is 10.1. The highest BCUT2D eigenvalue weighted by molar-refractivity contribution is 5.64. The number of non-ortho nitro benzene ring substituents is 1. The predicted molar refractivity (Wildman–Crippen MR) is 121 cm³/mol. The Morgan fingerprint density at radius 2 is 1.76 bits per heavy atom. The zero-order chi connectivity index (χ0) is 23.8. The summed E-state index contributed by atoms with van der Waals surface area (Å²) < 4.78 is 40.4. The number of aromatic nitrogens is 2. The summed E-state index contributed by atoms with van der Waals surface area (Å²) in [5, 5.41) is 16.4. The molecule has 0 saturated carbocycles. The third kappa shape index (κ3) is 6.90. The third-order valence-electron chi connectivity index (χ3n) is 4.94. The number of nitro benzene ring substituents is 1. The molecule has 0 spiro atoms. The molecule has 1 heterocycles. The molecule has 10 heteroatoms. The second-order valence-electron chi connectivity index (χ2n) is 7.52. The molecule has 0 aliphatic rings. The van der Waals surface area contributed by atoms with E-state index in [9.17, 15) is 23.3 Å². The van der Waals surface area contributed by atoms with Gasteiger partial charge in [0.25, 0.3) is 5.69 Å². The molecule has 0 aliphatic heterocycles. The quantitative estimate of drug-likeness (QED) is 0.192. The van der Waals surface area contributed by atoms with Gasteiger partial charge in [-0.05, 0) is 36.6 Å². The summed E-state index contributed by atoms with van der Waals surface area (Å²) in [7, 11) is 0. The van der Waals surface area contributed by atoms with Crippen molar-refractivity contribution in [1.82, 2.24) is 9.97 Å². The summed E-state index contributed by atoms with van der Waals surface area (Å²) >= 11 is 0. The summed E-state index contributed by atoms with van der Waals surface area (Å²) in [6, 6.07) is 12.7. The molecule has 0 fully saturated rings. The molecule has 3 rings (SSSR count). The maximum absolute atomic E-state index is 13.5. The van der Waals surface area contributed by atoms with Crippen molar-refractivity contribution in [2.75, 3.05) is 10.6 Å². The number of hydrogen-bond acceptors (Lipinski definition) is 6. The zero-order valence-electron chi connectivity index (χ0n) is 18.0. The Morgan fingerprint density at radius 3 is 2.42 bits per heavy atom. The van der Waals surface area contributed by atoms with Crippen LogP contribution < -0.4 is 10.6 Å². The number of halogens is 3. The first-order chi connectivity index (χ1) is 15.8. The largest absolute Gasteiger partial charge is 0.421 e. The third-order valence-corrected chi connectivity index (χ3v) is 4.94. The first-order valence-corrected chi connectivity index (χ1v) is 10.6. The molecule has 0 saturated heterocycles. The minimum absolute atomic E-state index is 0.0355. The van der Waals surface area contributed by atoms with Gasteiger partial charge in [-0.2, -0.15) is 18.2 Å². The van der Waals surface area contributed by atoms with Gasteiger partial charge in [-0.15, -0.1) is 0 Å². The van der Waals surface area contributed by atoms with Crippen LogP contribution in [0.25, 0.3) is 0 Å². The first kappa shape index (κ1) is 24.0. The van der Waals surface area contributed by atoms with Crippen LogP contribution in [0.2, 0.25) is 0 Å². The van der Waals surface area contributed by atoms with E-state index in [-0.39, 0.29) is 17.3 Å². The molecule has 0 amide bonds. The maximum atomic E-state index is 13.5. The minimum Gasteiger partial charge on any atom is -0.339 e. The molecule has 0 atom stereocenters. The van der Waals surface area contributed by atoms with Crippen LogP contribution in [0.15, 0.2) is 54.7 Å². The van der Waals surface area contributed by atoms with Gasteiger partial charge in [0.2, 0.25) is 5.95 Å². The van der Waals surface area contributed by atoms with E-state index >= 15 is 0 Å². The number of nitro groups is 1. The SMILES string of the molecule is CCCCCCc1ccc(Nc2ncc(C(F)(F)F)c(Nc3cccc([N+](=O)[O-])c3)n2)cc1. The molecular weight excluding hydrogens is 435 g/mol. The van der Waals surface area contributed by atoms with Gasteiger partial charge in [-0.25, -0.2) is 4.98 Å². The smallest absolute Gasteiger partial charge is 0.339 e. The van der Waals surface area contributed by atoms with Crippen LogP contribution in [0.1, 0.15) is 43.7 Å². The molecule has 2 aromatic carbocycles. The Bertz CT molecular complexity index is 1090. The van der Waals surface area contributed by atoms with Gasteiger partial charge in [0.15, 0.2) is 0 Å². The number of hydrogen-bond donors (Lipinski definition) is 2. The van der Waals surface area contributed by atoms with Gasteiger partial charge in [-0.1, -0.05) is 44.4 Å². The topological polar surface area (TPSA) is 93.0 Å². The van der Waals surface area contributed by atoms with Crippen LogP contribution >= 0.6 is 0 Å². The number of nitrogens with one attached hydrogen (secondary N) is 2. The van der Waals surface area contributed by atoms with E-state index < -0.39 is 22.5 Å². The van der Waals surface area contributed by atoms with Gasteiger partial charge in [0.05, 0.1) is 4.92 Å². The minimum atomic E-state index is -4.71. The Balaban J connectivity index is 1.78. The summed E-state index contributed by atoms with van der Waals surface area (Å²) in [6.07, 6.45) is 1.60. The van der Waals surface area contributed by atoms with Crippen molar-refractivity contribution in [2.45, 2.75) is 45.2 Å². The van der Waals surface area contributed by atoms with E-state index in [2.05, 4.69) is 27.5 Å². The average Bonchev–Trinajstić information content (AvgIpc) is 2.77. The normalized spacial score (nSPS) is 11.3. The number of aryl methyl sites for hydroxylation is 1. The van der Waals surface area contributed by atoms with Crippen molar-refractivity contribution in [3.8, 4) is 0 Å². The van der Waals surface area contributed by atoms with E-state index in [4.69, 9.17) is 0 Å². The lowest BCUT2D eigenvalue weighted by Gasteiger charge is -2.15. The monoisotopic (exact) mass is 459 g/mol. The van der Waals surface area contributed by atoms with Crippen molar-refractivity contribution in [1.29, 1.82) is 0 Å². The average molecular weight is 459 g/mol. The predicted octanol–water partition coefficient (Wildman–Crippen LogP) is 7.01. The maximum Gasteiger partial charge on any atom is 0.421 e. The second kappa shape index (κ2) is 10.8. The zero-order valence-corrected chi connectivity index (χ0v) is 18.0. The van der Waals surface area contributed by atoms with Crippen LogP contribution in [0.5, 0.6) is 0 Å². The van der Waals surface area contributed by atoms with Crippen LogP contribution in [0.3, 0.4) is 0 Å². The molecule has 1 aromatic heterocycles. The molecule has 7 nitrogen and oxygen atoms in total. The second-order valence-corrected chi connectivity index (χ2v) is 7.52. The van der Waals surface area contributed by atoms with Crippen molar-refractivity contribution < 1.29 is 18.1 Å². The molecule has 0 unspecified atom stereocenters.